The summed E-state index contributed by atoms with van der Waals surface area (Å²) in [6, 6.07) is 16.1. The Kier molecular flexibility index (Phi) is 6.77. The average molecular weight is 451 g/mol. The number of tetrazole rings is 1. The minimum absolute atomic E-state index is 0.528. The summed E-state index contributed by atoms with van der Waals surface area (Å²) in [5.41, 5.74) is 4.66. The van der Waals surface area contributed by atoms with Gasteiger partial charge in [-0.15, -0.1) is 5.10 Å². The lowest BCUT2D eigenvalue weighted by molar-refractivity contribution is 0.175. The van der Waals surface area contributed by atoms with Crippen molar-refractivity contribution in [1.82, 2.24) is 24.9 Å². The highest BCUT2D eigenvalue weighted by Crippen LogP contribution is 2.25. The molecule has 2 aromatic carbocycles. The van der Waals surface area contributed by atoms with E-state index in [4.69, 9.17) is 21.7 Å². The summed E-state index contributed by atoms with van der Waals surface area (Å²) in [5.74, 6) is 0.759. The summed E-state index contributed by atoms with van der Waals surface area (Å²) in [5, 5.41) is 17.3. The summed E-state index contributed by atoms with van der Waals surface area (Å²) in [6.07, 6.45) is 0. The Labute approximate surface area is 192 Å². The molecule has 32 heavy (non-hydrogen) atoms. The number of nitrogens with one attached hydrogen (secondary N) is 1. The van der Waals surface area contributed by atoms with Crippen molar-refractivity contribution in [1.29, 1.82) is 0 Å². The standard InChI is InChI=1S/C23H26N6O2S/c1-4-31-21-8-6-5-7-19(21)24-23(32)28(11-12-30-3)15-18-14-17-13-16(2)9-10-20(17)29-22(18)25-26-27-29/h5-10,13-14H,4,11-12,15H2,1-3H3,(H,24,32). The van der Waals surface area contributed by atoms with Crippen LogP contribution in [0.4, 0.5) is 5.69 Å². The molecule has 4 rings (SSSR count). The molecule has 0 saturated heterocycles. The molecule has 8 nitrogen and oxygen atoms in total. The molecule has 0 fully saturated rings. The number of aromatic nitrogens is 4. The van der Waals surface area contributed by atoms with Crippen molar-refractivity contribution in [3.05, 3.63) is 59.7 Å². The van der Waals surface area contributed by atoms with Crippen LogP contribution < -0.4 is 10.1 Å². The van der Waals surface area contributed by atoms with Crippen LogP contribution in [0.3, 0.4) is 0 Å². The molecule has 9 heteroatoms. The van der Waals surface area contributed by atoms with Gasteiger partial charge in [-0.25, -0.2) is 0 Å². The summed E-state index contributed by atoms with van der Waals surface area (Å²) >= 11 is 5.78. The molecule has 2 heterocycles. The van der Waals surface area contributed by atoms with Gasteiger partial charge in [0.05, 0.1) is 24.4 Å². The molecule has 4 aromatic rings. The molecule has 0 atom stereocenters. The van der Waals surface area contributed by atoms with Crippen LogP contribution in [-0.2, 0) is 11.3 Å². The van der Waals surface area contributed by atoms with E-state index in [1.54, 1.807) is 11.6 Å². The molecular formula is C23H26N6O2S. The topological polar surface area (TPSA) is 76.8 Å². The van der Waals surface area contributed by atoms with Gasteiger partial charge in [0.25, 0.3) is 0 Å². The van der Waals surface area contributed by atoms with Gasteiger partial charge in [0.2, 0.25) is 0 Å². The summed E-state index contributed by atoms with van der Waals surface area (Å²) in [6.45, 7) is 6.27. The molecule has 0 aliphatic rings. The Morgan fingerprint density at radius 2 is 2.03 bits per heavy atom. The predicted octanol–water partition coefficient (Wildman–Crippen LogP) is 3.83. The number of methoxy groups -OCH3 is 1. The number of hydrogen-bond acceptors (Lipinski definition) is 6. The molecule has 0 spiro atoms. The van der Waals surface area contributed by atoms with E-state index in [0.29, 0.717) is 37.1 Å². The van der Waals surface area contributed by atoms with E-state index in [2.05, 4.69) is 46.0 Å². The van der Waals surface area contributed by atoms with Crippen LogP contribution in [0.25, 0.3) is 16.6 Å². The predicted molar refractivity (Wildman–Crippen MR) is 129 cm³/mol. The van der Waals surface area contributed by atoms with Gasteiger partial charge >= 0.3 is 0 Å². The lowest BCUT2D eigenvalue weighted by Gasteiger charge is -2.26. The van der Waals surface area contributed by atoms with E-state index < -0.39 is 0 Å². The van der Waals surface area contributed by atoms with Crippen LogP contribution in [0, 0.1) is 6.92 Å². The Morgan fingerprint density at radius 1 is 1.19 bits per heavy atom. The van der Waals surface area contributed by atoms with Crippen molar-refractivity contribution >= 4 is 39.6 Å². The number of pyridine rings is 1. The van der Waals surface area contributed by atoms with Crippen molar-refractivity contribution in [2.45, 2.75) is 20.4 Å². The molecule has 0 amide bonds. The van der Waals surface area contributed by atoms with Crippen LogP contribution in [0.15, 0.2) is 48.5 Å². The van der Waals surface area contributed by atoms with Crippen LogP contribution in [0.5, 0.6) is 5.75 Å². The number of rotatable bonds is 8. The third-order valence-corrected chi connectivity index (χ3v) is 5.50. The third kappa shape index (κ3) is 4.63. The zero-order chi connectivity index (χ0) is 22.5. The van der Waals surface area contributed by atoms with E-state index in [9.17, 15) is 0 Å². The number of aryl methyl sites for hydroxylation is 1. The molecular weight excluding hydrogens is 424 g/mol. The van der Waals surface area contributed by atoms with Gasteiger partial charge in [-0.3, -0.25) is 0 Å². The number of hydrogen-bond donors (Lipinski definition) is 1. The van der Waals surface area contributed by atoms with Gasteiger partial charge in [0, 0.05) is 31.1 Å². The normalized spacial score (nSPS) is 11.1. The molecule has 0 saturated carbocycles. The van der Waals surface area contributed by atoms with Crippen molar-refractivity contribution in [2.75, 3.05) is 32.2 Å². The first-order chi connectivity index (χ1) is 15.6. The monoisotopic (exact) mass is 450 g/mol. The van der Waals surface area contributed by atoms with Crippen LogP contribution in [0.2, 0.25) is 0 Å². The van der Waals surface area contributed by atoms with E-state index in [1.807, 2.05) is 42.2 Å². The number of thiocarbonyl (C=S) groups is 1. The zero-order valence-electron chi connectivity index (χ0n) is 18.4. The smallest absolute Gasteiger partial charge is 0.184 e. The molecule has 166 valence electrons. The zero-order valence-corrected chi connectivity index (χ0v) is 19.2. The Hall–Kier alpha value is -3.30. The lowest BCUT2D eigenvalue weighted by Crippen LogP contribution is -2.37. The van der Waals surface area contributed by atoms with Crippen LogP contribution in [0.1, 0.15) is 18.1 Å². The van der Waals surface area contributed by atoms with E-state index in [-0.39, 0.29) is 0 Å². The molecule has 0 aliphatic carbocycles. The highest BCUT2D eigenvalue weighted by atomic mass is 32.1. The van der Waals surface area contributed by atoms with E-state index in [0.717, 1.165) is 27.9 Å². The van der Waals surface area contributed by atoms with Gasteiger partial charge in [-0.1, -0.05) is 23.8 Å². The second kappa shape index (κ2) is 9.88. The fraction of sp³-hybridized carbons (Fsp3) is 0.304. The summed E-state index contributed by atoms with van der Waals surface area (Å²) in [7, 11) is 1.68. The van der Waals surface area contributed by atoms with Gasteiger partial charge in [0.15, 0.2) is 10.8 Å². The highest BCUT2D eigenvalue weighted by Gasteiger charge is 2.17. The quantitative estimate of drug-likeness (QED) is 0.406. The van der Waals surface area contributed by atoms with Gasteiger partial charge < -0.3 is 19.7 Å². The molecule has 2 aromatic heterocycles. The van der Waals surface area contributed by atoms with Gasteiger partial charge in [0.1, 0.15) is 5.75 Å². The first-order valence-electron chi connectivity index (χ1n) is 10.5. The largest absolute Gasteiger partial charge is 0.492 e. The molecule has 0 bridgehead atoms. The van der Waals surface area contributed by atoms with Gasteiger partial charge in [-0.05, 0) is 66.8 Å². The first-order valence-corrected chi connectivity index (χ1v) is 10.9. The van der Waals surface area contributed by atoms with Crippen molar-refractivity contribution in [2.24, 2.45) is 0 Å². The van der Waals surface area contributed by atoms with Crippen molar-refractivity contribution in [3.8, 4) is 5.75 Å². The minimum Gasteiger partial charge on any atom is -0.492 e. The van der Waals surface area contributed by atoms with Crippen molar-refractivity contribution in [3.63, 3.8) is 0 Å². The van der Waals surface area contributed by atoms with E-state index >= 15 is 0 Å². The molecule has 0 aliphatic heterocycles. The van der Waals surface area contributed by atoms with E-state index in [1.165, 1.54) is 5.56 Å². The Morgan fingerprint density at radius 3 is 2.84 bits per heavy atom. The molecule has 0 unspecified atom stereocenters. The lowest BCUT2D eigenvalue weighted by atomic mass is 10.1. The fourth-order valence-electron chi connectivity index (χ4n) is 3.61. The summed E-state index contributed by atoms with van der Waals surface area (Å²) < 4.78 is 12.8. The number of benzene rings is 2. The first kappa shape index (κ1) is 21.9. The number of anilines is 1. The maximum Gasteiger partial charge on any atom is 0.184 e. The molecule has 0 radical (unpaired) electrons. The number of para-hydroxylation sites is 2. The second-order valence-electron chi connectivity index (χ2n) is 7.42. The number of nitrogens with zero attached hydrogens (tertiary/aromatic N) is 5. The SMILES string of the molecule is CCOc1ccccc1NC(=S)N(CCOC)Cc1cc2cc(C)ccc2n2nnnc12. The Balaban J connectivity index is 1.66. The number of ether oxygens (including phenoxy) is 2. The van der Waals surface area contributed by atoms with Crippen LogP contribution in [-0.4, -0.2) is 56.9 Å². The van der Waals surface area contributed by atoms with Gasteiger partial charge in [-0.2, -0.15) is 4.52 Å². The molecule has 1 N–H and O–H groups in total. The average Bonchev–Trinajstić information content (AvgIpc) is 3.28. The number of fused-ring (bicyclic) bond motifs is 3. The maximum absolute atomic E-state index is 5.78. The highest BCUT2D eigenvalue weighted by molar-refractivity contribution is 7.80. The summed E-state index contributed by atoms with van der Waals surface area (Å²) in [4.78, 5) is 2.05. The maximum atomic E-state index is 5.78. The van der Waals surface area contributed by atoms with Crippen LogP contribution >= 0.6 is 12.2 Å². The fourth-order valence-corrected chi connectivity index (χ4v) is 3.87. The third-order valence-electron chi connectivity index (χ3n) is 5.14. The minimum atomic E-state index is 0.528. The second-order valence-corrected chi connectivity index (χ2v) is 7.81. The van der Waals surface area contributed by atoms with Crippen molar-refractivity contribution < 1.29 is 9.47 Å². The Bertz CT molecular complexity index is 1240.